The summed E-state index contributed by atoms with van der Waals surface area (Å²) in [4.78, 5) is 0. The van der Waals surface area contributed by atoms with E-state index in [9.17, 15) is 8.78 Å². The van der Waals surface area contributed by atoms with E-state index in [1.165, 1.54) is 43.9 Å². The van der Waals surface area contributed by atoms with Crippen molar-refractivity contribution in [3.05, 3.63) is 108 Å². The molecule has 0 atom stereocenters. The number of nitriles is 1. The number of hydrogen-bond acceptors (Lipinski definition) is 3. The molecule has 0 unspecified atom stereocenters. The van der Waals surface area contributed by atoms with Gasteiger partial charge in [0.05, 0.1) is 24.8 Å². The first-order chi connectivity index (χ1) is 19.6. The summed E-state index contributed by atoms with van der Waals surface area (Å²) in [7, 11) is 0. The first-order valence-corrected chi connectivity index (χ1v) is 14.0. The Labute approximate surface area is 236 Å². The van der Waals surface area contributed by atoms with Gasteiger partial charge < -0.3 is 9.47 Å². The molecule has 3 nitrogen and oxygen atoms in total. The van der Waals surface area contributed by atoms with Crippen molar-refractivity contribution in [3.63, 3.8) is 0 Å². The van der Waals surface area contributed by atoms with E-state index in [-0.39, 0.29) is 11.6 Å². The molecule has 0 heterocycles. The fourth-order valence-corrected chi connectivity index (χ4v) is 4.57. The molecule has 0 spiro atoms. The maximum atomic E-state index is 14.5. The molecule has 0 fully saturated rings. The minimum atomic E-state index is -0.368. The maximum Gasteiger partial charge on any atom is 0.134 e. The van der Waals surface area contributed by atoms with Crippen LogP contribution in [0.25, 0.3) is 22.3 Å². The number of unbranched alkanes of at least 4 members (excludes halogenated alkanes) is 7. The van der Waals surface area contributed by atoms with Gasteiger partial charge in [0.25, 0.3) is 0 Å². The third kappa shape index (κ3) is 8.95. The third-order valence-corrected chi connectivity index (χ3v) is 6.87. The van der Waals surface area contributed by atoms with Crippen LogP contribution in [0.15, 0.2) is 91.0 Å². The topological polar surface area (TPSA) is 42.2 Å². The Kier molecular flexibility index (Phi) is 11.1. The van der Waals surface area contributed by atoms with E-state index in [0.29, 0.717) is 29.0 Å². The minimum absolute atomic E-state index is 0.338. The fraction of sp³-hybridized carbons (Fsp3) is 0.286. The van der Waals surface area contributed by atoms with Crippen LogP contribution in [0.5, 0.6) is 11.5 Å². The van der Waals surface area contributed by atoms with Gasteiger partial charge in [0.15, 0.2) is 0 Å². The molecule has 0 saturated heterocycles. The van der Waals surface area contributed by atoms with Crippen LogP contribution in [0.2, 0.25) is 0 Å². The lowest BCUT2D eigenvalue weighted by atomic mass is 10.0. The molecule has 0 aromatic heterocycles. The molecule has 0 aliphatic rings. The van der Waals surface area contributed by atoms with Crippen molar-refractivity contribution in [3.8, 4) is 39.8 Å². The molecule has 0 aliphatic heterocycles. The summed E-state index contributed by atoms with van der Waals surface area (Å²) in [5, 5.41) is 8.93. The van der Waals surface area contributed by atoms with Crippen LogP contribution in [0.3, 0.4) is 0 Å². The van der Waals surface area contributed by atoms with Gasteiger partial charge in [-0.3, -0.25) is 0 Å². The van der Waals surface area contributed by atoms with Gasteiger partial charge >= 0.3 is 0 Å². The van der Waals surface area contributed by atoms with Crippen molar-refractivity contribution < 1.29 is 18.3 Å². The van der Waals surface area contributed by atoms with Gasteiger partial charge in [-0.15, -0.1) is 0 Å². The van der Waals surface area contributed by atoms with Crippen LogP contribution >= 0.6 is 0 Å². The van der Waals surface area contributed by atoms with Crippen LogP contribution in [0.4, 0.5) is 8.78 Å². The van der Waals surface area contributed by atoms with E-state index < -0.39 is 0 Å². The molecule has 40 heavy (non-hydrogen) atoms. The molecule has 4 aromatic rings. The Morgan fingerprint density at radius 1 is 0.525 bits per heavy atom. The Morgan fingerprint density at radius 3 is 1.55 bits per heavy atom. The van der Waals surface area contributed by atoms with Gasteiger partial charge in [-0.2, -0.15) is 5.26 Å². The summed E-state index contributed by atoms with van der Waals surface area (Å²) >= 11 is 0. The Balaban J connectivity index is 1.00. The fourth-order valence-electron chi connectivity index (χ4n) is 4.57. The largest absolute Gasteiger partial charge is 0.494 e. The van der Waals surface area contributed by atoms with Crippen LogP contribution in [0, 0.1) is 23.0 Å². The highest BCUT2D eigenvalue weighted by molar-refractivity contribution is 5.65. The molecule has 5 heteroatoms. The second-order valence-corrected chi connectivity index (χ2v) is 9.89. The number of hydrogen-bond donors (Lipinski definition) is 0. The lowest BCUT2D eigenvalue weighted by Gasteiger charge is -2.09. The zero-order valence-electron chi connectivity index (χ0n) is 22.8. The molecule has 0 bridgehead atoms. The molecular formula is C35H35F2NO2. The predicted molar refractivity (Wildman–Crippen MR) is 156 cm³/mol. The monoisotopic (exact) mass is 539 g/mol. The van der Waals surface area contributed by atoms with Crippen molar-refractivity contribution >= 4 is 0 Å². The summed E-state index contributed by atoms with van der Waals surface area (Å²) in [5.41, 5.74) is 3.94. The summed E-state index contributed by atoms with van der Waals surface area (Å²) in [6.07, 6.45) is 9.04. The van der Waals surface area contributed by atoms with Crippen molar-refractivity contribution in [2.45, 2.75) is 51.4 Å². The van der Waals surface area contributed by atoms with Gasteiger partial charge in [-0.25, -0.2) is 8.78 Å². The summed E-state index contributed by atoms with van der Waals surface area (Å²) in [5.74, 6) is 0.695. The van der Waals surface area contributed by atoms with Crippen molar-refractivity contribution in [1.29, 1.82) is 5.26 Å². The molecule has 0 aliphatic carbocycles. The smallest absolute Gasteiger partial charge is 0.134 e. The van der Waals surface area contributed by atoms with Crippen molar-refractivity contribution in [2.24, 2.45) is 0 Å². The molecule has 0 radical (unpaired) electrons. The maximum absolute atomic E-state index is 14.5. The highest BCUT2D eigenvalue weighted by Crippen LogP contribution is 2.27. The normalized spacial score (nSPS) is 10.7. The van der Waals surface area contributed by atoms with Gasteiger partial charge in [0, 0.05) is 11.6 Å². The van der Waals surface area contributed by atoms with E-state index in [2.05, 4.69) is 6.07 Å². The Bertz CT molecular complexity index is 1360. The zero-order chi connectivity index (χ0) is 28.0. The molecular weight excluding hydrogens is 504 g/mol. The van der Waals surface area contributed by atoms with Crippen LogP contribution in [0.1, 0.15) is 56.9 Å². The van der Waals surface area contributed by atoms with Gasteiger partial charge in [-0.1, -0.05) is 74.9 Å². The van der Waals surface area contributed by atoms with E-state index in [0.717, 1.165) is 49.2 Å². The number of ether oxygens (including phenoxy) is 2. The summed E-state index contributed by atoms with van der Waals surface area (Å²) < 4.78 is 39.2. The van der Waals surface area contributed by atoms with Crippen LogP contribution in [-0.2, 0) is 0 Å². The van der Waals surface area contributed by atoms with Crippen LogP contribution in [-0.4, -0.2) is 13.2 Å². The Morgan fingerprint density at radius 2 is 1.00 bits per heavy atom. The standard InChI is InChI=1S/C35H35F2NO2/c36-31-17-13-30(14-18-31)34-22-21-33(25-35(34)37)40-24-8-6-4-2-1-3-5-7-23-39-32-19-15-29(16-20-32)28-11-9-27(26-38)10-12-28/h9-22,25H,1-8,23-24H2. The molecule has 0 saturated carbocycles. The molecule has 0 amide bonds. The van der Waals surface area contributed by atoms with Crippen molar-refractivity contribution in [1.82, 2.24) is 0 Å². The lowest BCUT2D eigenvalue weighted by Crippen LogP contribution is -1.98. The van der Waals surface area contributed by atoms with Gasteiger partial charge in [0.2, 0.25) is 0 Å². The molecule has 0 N–H and O–H groups in total. The average Bonchev–Trinajstić information content (AvgIpc) is 2.99. The molecule has 206 valence electrons. The second kappa shape index (κ2) is 15.4. The number of benzene rings is 4. The first kappa shape index (κ1) is 28.8. The van der Waals surface area contributed by atoms with E-state index >= 15 is 0 Å². The SMILES string of the molecule is N#Cc1ccc(-c2ccc(OCCCCCCCCCCOc3ccc(-c4ccc(F)cc4)c(F)c3)cc2)cc1. The highest BCUT2D eigenvalue weighted by Gasteiger charge is 2.07. The summed E-state index contributed by atoms with van der Waals surface area (Å²) in [6, 6.07) is 28.5. The highest BCUT2D eigenvalue weighted by atomic mass is 19.1. The van der Waals surface area contributed by atoms with E-state index in [1.54, 1.807) is 24.3 Å². The minimum Gasteiger partial charge on any atom is -0.494 e. The van der Waals surface area contributed by atoms with Gasteiger partial charge in [0.1, 0.15) is 23.1 Å². The first-order valence-electron chi connectivity index (χ1n) is 14.0. The average molecular weight is 540 g/mol. The van der Waals surface area contributed by atoms with E-state index in [1.807, 2.05) is 48.5 Å². The Hall–Kier alpha value is -4.17. The van der Waals surface area contributed by atoms with Crippen molar-refractivity contribution in [2.75, 3.05) is 13.2 Å². The zero-order valence-corrected chi connectivity index (χ0v) is 22.8. The third-order valence-electron chi connectivity index (χ3n) is 6.87. The second-order valence-electron chi connectivity index (χ2n) is 9.89. The lowest BCUT2D eigenvalue weighted by molar-refractivity contribution is 0.300. The number of rotatable bonds is 15. The summed E-state index contributed by atoms with van der Waals surface area (Å²) in [6.45, 7) is 1.29. The molecule has 4 aromatic carbocycles. The number of halogens is 2. The van der Waals surface area contributed by atoms with Crippen LogP contribution < -0.4 is 9.47 Å². The van der Waals surface area contributed by atoms with Gasteiger partial charge in [-0.05, 0) is 78.1 Å². The van der Waals surface area contributed by atoms with E-state index in [4.69, 9.17) is 14.7 Å². The number of nitrogens with zero attached hydrogens (tertiary/aromatic N) is 1. The molecule has 4 rings (SSSR count). The predicted octanol–water partition coefficient (Wildman–Crippen LogP) is 9.75. The quantitative estimate of drug-likeness (QED) is 0.141.